The van der Waals surface area contributed by atoms with Gasteiger partial charge in [-0.1, -0.05) is 12.1 Å². The largest absolute Gasteiger partial charge is 0.322 e. The van der Waals surface area contributed by atoms with Gasteiger partial charge in [-0.05, 0) is 67.6 Å². The van der Waals surface area contributed by atoms with Crippen molar-refractivity contribution in [1.82, 2.24) is 15.1 Å². The van der Waals surface area contributed by atoms with Gasteiger partial charge >= 0.3 is 0 Å². The van der Waals surface area contributed by atoms with E-state index in [0.717, 1.165) is 0 Å². The second-order valence-electron chi connectivity index (χ2n) is 9.40. The van der Waals surface area contributed by atoms with E-state index in [4.69, 9.17) is 5.26 Å². The van der Waals surface area contributed by atoms with Crippen molar-refractivity contribution in [2.24, 2.45) is 0 Å². The number of hydrogen-bond donors (Lipinski definition) is 1. The SMILES string of the molecule is N#Cc1ccc(CN2CCC(c3cc4c(cc3F)C(=O)N(C3CCC(=O)NC3=O)C4)CC2)c(F)c1. The maximum atomic E-state index is 15.1. The highest BCUT2D eigenvalue weighted by molar-refractivity contribution is 6.05. The minimum absolute atomic E-state index is 0.0258. The van der Waals surface area contributed by atoms with Gasteiger partial charge in [0.15, 0.2) is 0 Å². The molecule has 2 fully saturated rings. The van der Waals surface area contributed by atoms with Crippen LogP contribution < -0.4 is 5.32 Å². The van der Waals surface area contributed by atoms with E-state index in [2.05, 4.69) is 10.2 Å². The summed E-state index contributed by atoms with van der Waals surface area (Å²) >= 11 is 0. The highest BCUT2D eigenvalue weighted by Crippen LogP contribution is 2.35. The number of piperidine rings is 2. The second kappa shape index (κ2) is 9.19. The van der Waals surface area contributed by atoms with Gasteiger partial charge < -0.3 is 4.90 Å². The molecule has 7 nitrogen and oxygen atoms in total. The van der Waals surface area contributed by atoms with Crippen molar-refractivity contribution >= 4 is 17.7 Å². The molecule has 2 saturated heterocycles. The van der Waals surface area contributed by atoms with Crippen LogP contribution in [0, 0.1) is 23.0 Å². The molecule has 0 spiro atoms. The highest BCUT2D eigenvalue weighted by atomic mass is 19.1. The summed E-state index contributed by atoms with van der Waals surface area (Å²) in [5.41, 5.74) is 2.33. The van der Waals surface area contributed by atoms with Crippen LogP contribution >= 0.6 is 0 Å². The third kappa shape index (κ3) is 4.42. The standard InChI is InChI=1S/C26H24F2N4O3/c27-21-9-15(12-29)1-2-17(21)13-31-7-5-16(6-8-31)19-10-18-14-32(26(35)20(18)11-22(19)28)23-3-4-24(33)30-25(23)34/h1-2,9-11,16,23H,3-8,13-14H2,(H,30,33,34). The molecule has 3 aliphatic heterocycles. The summed E-state index contributed by atoms with van der Waals surface area (Å²) in [6.45, 7) is 1.97. The van der Waals surface area contributed by atoms with Gasteiger partial charge in [-0.25, -0.2) is 8.78 Å². The fraction of sp³-hybridized carbons (Fsp3) is 0.385. The molecular weight excluding hydrogens is 454 g/mol. The lowest BCUT2D eigenvalue weighted by atomic mass is 9.87. The van der Waals surface area contributed by atoms with E-state index in [1.54, 1.807) is 18.2 Å². The normalized spacial score (nSPS) is 21.1. The van der Waals surface area contributed by atoms with E-state index in [0.29, 0.717) is 49.2 Å². The molecule has 0 aromatic heterocycles. The maximum Gasteiger partial charge on any atom is 0.255 e. The van der Waals surface area contributed by atoms with Crippen molar-refractivity contribution in [2.45, 2.75) is 50.7 Å². The highest BCUT2D eigenvalue weighted by Gasteiger charge is 2.40. The summed E-state index contributed by atoms with van der Waals surface area (Å²) < 4.78 is 29.3. The van der Waals surface area contributed by atoms with E-state index in [9.17, 15) is 18.8 Å². The molecule has 2 aromatic rings. The molecule has 3 amide bonds. The first kappa shape index (κ1) is 23.1. The number of imide groups is 1. The number of carbonyl (C=O) groups is 3. The van der Waals surface area contributed by atoms with E-state index in [1.807, 2.05) is 6.07 Å². The van der Waals surface area contributed by atoms with Crippen LogP contribution in [-0.2, 0) is 22.7 Å². The monoisotopic (exact) mass is 478 g/mol. The Morgan fingerprint density at radius 3 is 2.49 bits per heavy atom. The third-order valence-corrected chi connectivity index (χ3v) is 7.24. The minimum atomic E-state index is -0.732. The van der Waals surface area contributed by atoms with Crippen molar-refractivity contribution < 1.29 is 23.2 Å². The number of amides is 3. The van der Waals surface area contributed by atoms with Gasteiger partial charge in [0, 0.05) is 30.6 Å². The Morgan fingerprint density at radius 2 is 1.80 bits per heavy atom. The Kier molecular flexibility index (Phi) is 6.07. The number of benzene rings is 2. The summed E-state index contributed by atoms with van der Waals surface area (Å²) in [4.78, 5) is 40.1. The van der Waals surface area contributed by atoms with Gasteiger partial charge in [-0.15, -0.1) is 0 Å². The van der Waals surface area contributed by atoms with E-state index in [1.165, 1.54) is 17.0 Å². The number of carbonyl (C=O) groups excluding carboxylic acids is 3. The number of nitrogens with one attached hydrogen (secondary N) is 1. The van der Waals surface area contributed by atoms with Gasteiger partial charge in [-0.3, -0.25) is 24.6 Å². The molecule has 2 aromatic carbocycles. The van der Waals surface area contributed by atoms with Crippen molar-refractivity contribution in [3.05, 3.63) is 69.8 Å². The van der Waals surface area contributed by atoms with E-state index < -0.39 is 23.6 Å². The molecular formula is C26H24F2N4O3. The van der Waals surface area contributed by atoms with E-state index >= 15 is 4.39 Å². The molecule has 0 saturated carbocycles. The lowest BCUT2D eigenvalue weighted by molar-refractivity contribution is -0.136. The van der Waals surface area contributed by atoms with E-state index in [-0.39, 0.29) is 48.2 Å². The van der Waals surface area contributed by atoms with Gasteiger partial charge in [0.1, 0.15) is 17.7 Å². The number of fused-ring (bicyclic) bond motifs is 1. The lowest BCUT2D eigenvalue weighted by Gasteiger charge is -2.32. The fourth-order valence-corrected chi connectivity index (χ4v) is 5.31. The zero-order chi connectivity index (χ0) is 24.7. The molecule has 1 unspecified atom stereocenters. The molecule has 3 aliphatic rings. The molecule has 1 atom stereocenters. The molecule has 5 rings (SSSR count). The molecule has 180 valence electrons. The zero-order valence-corrected chi connectivity index (χ0v) is 19.0. The quantitative estimate of drug-likeness (QED) is 0.682. The first-order valence-corrected chi connectivity index (χ1v) is 11.7. The Labute approximate surface area is 201 Å². The molecule has 3 heterocycles. The second-order valence-corrected chi connectivity index (χ2v) is 9.40. The van der Waals surface area contributed by atoms with Gasteiger partial charge in [0.2, 0.25) is 11.8 Å². The van der Waals surface area contributed by atoms with Gasteiger partial charge in [0.05, 0.1) is 11.6 Å². The van der Waals surface area contributed by atoms with Crippen LogP contribution in [0.1, 0.15) is 64.2 Å². The molecule has 0 bridgehead atoms. The van der Waals surface area contributed by atoms with Crippen LogP contribution in [-0.4, -0.2) is 46.7 Å². The molecule has 9 heteroatoms. The van der Waals surface area contributed by atoms with Crippen molar-refractivity contribution in [3.63, 3.8) is 0 Å². The number of nitriles is 1. The Morgan fingerprint density at radius 1 is 1.03 bits per heavy atom. The first-order valence-electron chi connectivity index (χ1n) is 11.7. The zero-order valence-electron chi connectivity index (χ0n) is 19.0. The maximum absolute atomic E-state index is 15.1. The fourth-order valence-electron chi connectivity index (χ4n) is 5.31. The van der Waals surface area contributed by atoms with Gasteiger partial charge in [-0.2, -0.15) is 5.26 Å². The first-order chi connectivity index (χ1) is 16.8. The average molecular weight is 478 g/mol. The van der Waals surface area contributed by atoms with Crippen LogP contribution in [0.2, 0.25) is 0 Å². The Balaban J connectivity index is 1.26. The molecule has 1 N–H and O–H groups in total. The Hall–Kier alpha value is -3.64. The predicted molar refractivity (Wildman–Crippen MR) is 121 cm³/mol. The molecule has 35 heavy (non-hydrogen) atoms. The summed E-state index contributed by atoms with van der Waals surface area (Å²) in [5.74, 6) is -2.09. The number of rotatable bonds is 4. The van der Waals surface area contributed by atoms with Crippen LogP contribution in [0.5, 0.6) is 0 Å². The average Bonchev–Trinajstić information content (AvgIpc) is 3.15. The van der Waals surface area contributed by atoms with Gasteiger partial charge in [0.25, 0.3) is 5.91 Å². The van der Waals surface area contributed by atoms with Crippen molar-refractivity contribution in [3.8, 4) is 6.07 Å². The van der Waals surface area contributed by atoms with Crippen LogP contribution in [0.25, 0.3) is 0 Å². The van der Waals surface area contributed by atoms with Crippen LogP contribution in [0.4, 0.5) is 8.78 Å². The summed E-state index contributed by atoms with van der Waals surface area (Å²) in [6, 6.07) is 8.69. The third-order valence-electron chi connectivity index (χ3n) is 7.24. The molecule has 0 radical (unpaired) electrons. The van der Waals surface area contributed by atoms with Crippen LogP contribution in [0.3, 0.4) is 0 Å². The number of likely N-dealkylation sites (tertiary alicyclic amines) is 1. The smallest absolute Gasteiger partial charge is 0.255 e. The number of halogens is 2. The Bertz CT molecular complexity index is 1260. The topological polar surface area (TPSA) is 93.5 Å². The van der Waals surface area contributed by atoms with Crippen molar-refractivity contribution in [1.29, 1.82) is 5.26 Å². The lowest BCUT2D eigenvalue weighted by Crippen LogP contribution is -2.52. The number of hydrogen-bond acceptors (Lipinski definition) is 5. The van der Waals surface area contributed by atoms with Crippen LogP contribution in [0.15, 0.2) is 30.3 Å². The molecule has 0 aliphatic carbocycles. The minimum Gasteiger partial charge on any atom is -0.322 e. The predicted octanol–water partition coefficient (Wildman–Crippen LogP) is 2.98. The summed E-state index contributed by atoms with van der Waals surface area (Å²) in [7, 11) is 0. The summed E-state index contributed by atoms with van der Waals surface area (Å²) in [5, 5.41) is 11.2. The number of nitrogens with zero attached hydrogens (tertiary/aromatic N) is 3. The summed E-state index contributed by atoms with van der Waals surface area (Å²) in [6.07, 6.45) is 1.82. The van der Waals surface area contributed by atoms with Crippen molar-refractivity contribution in [2.75, 3.05) is 13.1 Å².